The van der Waals surface area contributed by atoms with Crippen molar-refractivity contribution in [2.24, 2.45) is 5.92 Å². The van der Waals surface area contributed by atoms with E-state index in [0.717, 1.165) is 43.4 Å². The number of piperidine rings is 1. The molecule has 4 heteroatoms. The minimum absolute atomic E-state index is 0.752. The quantitative estimate of drug-likeness (QED) is 0.597. The molecule has 1 aromatic rings. The van der Waals surface area contributed by atoms with Crippen LogP contribution in [0.4, 0.5) is 0 Å². The maximum atomic E-state index is 5.26. The Hall–Kier alpha value is -1.10. The van der Waals surface area contributed by atoms with Crippen molar-refractivity contribution in [3.8, 4) is 5.75 Å². The molecule has 0 bridgehead atoms. The highest BCUT2D eigenvalue weighted by atomic mass is 16.5. The number of nitrogens with one attached hydrogen (secondary N) is 2. The Morgan fingerprint density at radius 3 is 2.55 bits per heavy atom. The van der Waals surface area contributed by atoms with Crippen LogP contribution < -0.4 is 20.3 Å². The molecule has 22 heavy (non-hydrogen) atoms. The van der Waals surface area contributed by atoms with E-state index in [0.29, 0.717) is 0 Å². The van der Waals surface area contributed by atoms with Gasteiger partial charge in [-0.05, 0) is 31.2 Å². The van der Waals surface area contributed by atoms with Crippen LogP contribution in [0.2, 0.25) is 0 Å². The average molecular weight is 308 g/mol. The third-order valence-corrected chi connectivity index (χ3v) is 5.39. The number of ether oxygens (including phenoxy) is 1. The molecule has 0 amide bonds. The van der Waals surface area contributed by atoms with Crippen molar-refractivity contribution in [3.05, 3.63) is 29.8 Å². The fourth-order valence-corrected chi connectivity index (χ4v) is 3.87. The first-order chi connectivity index (χ1) is 10.5. The van der Waals surface area contributed by atoms with Crippen LogP contribution in [0.5, 0.6) is 5.75 Å². The number of quaternary nitrogens is 3. The second-order valence-corrected chi connectivity index (χ2v) is 7.06. The number of hydrogen-bond acceptors (Lipinski definition) is 1. The topological polar surface area (TPSA) is 45.8 Å². The van der Waals surface area contributed by atoms with Crippen molar-refractivity contribution < 1.29 is 20.3 Å². The summed E-state index contributed by atoms with van der Waals surface area (Å²) in [5, 5.41) is 0. The molecular formula is C18H34N3O+3. The number of benzene rings is 1. The van der Waals surface area contributed by atoms with E-state index in [4.69, 9.17) is 4.74 Å². The summed E-state index contributed by atoms with van der Waals surface area (Å²) in [6, 6.07) is 10.1. The van der Waals surface area contributed by atoms with Gasteiger partial charge in [0.2, 0.25) is 0 Å². The van der Waals surface area contributed by atoms with Crippen LogP contribution in [0.3, 0.4) is 0 Å². The second kappa shape index (κ2) is 7.95. The summed E-state index contributed by atoms with van der Waals surface area (Å²) in [6.07, 6.45) is 1.32. The minimum atomic E-state index is 0.752. The van der Waals surface area contributed by atoms with E-state index in [-0.39, 0.29) is 0 Å². The van der Waals surface area contributed by atoms with Gasteiger partial charge in [0, 0.05) is 5.56 Å². The van der Waals surface area contributed by atoms with E-state index in [1.165, 1.54) is 18.5 Å². The lowest BCUT2D eigenvalue weighted by molar-refractivity contribution is -0.978. The monoisotopic (exact) mass is 308 g/mol. The van der Waals surface area contributed by atoms with Crippen LogP contribution in [-0.4, -0.2) is 45.9 Å². The van der Waals surface area contributed by atoms with Crippen LogP contribution in [-0.2, 0) is 6.54 Å². The smallest absolute Gasteiger partial charge is 0.127 e. The van der Waals surface area contributed by atoms with Crippen molar-refractivity contribution in [3.63, 3.8) is 0 Å². The first-order valence-corrected chi connectivity index (χ1v) is 8.64. The molecule has 1 aliphatic heterocycles. The maximum Gasteiger partial charge on any atom is 0.127 e. The van der Waals surface area contributed by atoms with Gasteiger partial charge in [-0.1, -0.05) is 6.92 Å². The Morgan fingerprint density at radius 2 is 1.95 bits per heavy atom. The van der Waals surface area contributed by atoms with Gasteiger partial charge in [-0.3, -0.25) is 0 Å². The normalized spacial score (nSPS) is 30.0. The lowest BCUT2D eigenvalue weighted by Gasteiger charge is -2.40. The van der Waals surface area contributed by atoms with Gasteiger partial charge in [-0.2, -0.15) is 0 Å². The van der Waals surface area contributed by atoms with Gasteiger partial charge in [-0.15, -0.1) is 0 Å². The SMILES string of the molecule is COc1ccc(C[NH+](CC[NH3+])[C@@H]2C[C@@H](C)[NH+](C)C[C@H]2C)cc1. The van der Waals surface area contributed by atoms with Gasteiger partial charge >= 0.3 is 0 Å². The molecule has 1 aromatic carbocycles. The third kappa shape index (κ3) is 4.22. The molecule has 0 aliphatic carbocycles. The summed E-state index contributed by atoms with van der Waals surface area (Å²) in [4.78, 5) is 3.38. The van der Waals surface area contributed by atoms with E-state index < -0.39 is 0 Å². The number of rotatable bonds is 6. The number of hydrogen-bond donors (Lipinski definition) is 3. The molecule has 0 spiro atoms. The van der Waals surface area contributed by atoms with Crippen molar-refractivity contribution in [1.82, 2.24) is 0 Å². The molecular weight excluding hydrogens is 274 g/mol. The summed E-state index contributed by atoms with van der Waals surface area (Å²) in [6.45, 7) is 9.37. The van der Waals surface area contributed by atoms with Gasteiger partial charge in [0.15, 0.2) is 0 Å². The highest BCUT2D eigenvalue weighted by molar-refractivity contribution is 5.26. The van der Waals surface area contributed by atoms with Crippen LogP contribution in [0, 0.1) is 5.92 Å². The molecule has 2 rings (SSSR count). The minimum Gasteiger partial charge on any atom is -0.497 e. The highest BCUT2D eigenvalue weighted by Crippen LogP contribution is 2.12. The van der Waals surface area contributed by atoms with Crippen LogP contribution in [0.1, 0.15) is 25.8 Å². The summed E-state index contributed by atoms with van der Waals surface area (Å²) < 4.78 is 5.26. The fraction of sp³-hybridized carbons (Fsp3) is 0.667. The van der Waals surface area contributed by atoms with E-state index in [9.17, 15) is 0 Å². The fourth-order valence-electron chi connectivity index (χ4n) is 3.87. The summed E-state index contributed by atoms with van der Waals surface area (Å²) in [5.41, 5.74) is 5.50. The van der Waals surface area contributed by atoms with Gasteiger partial charge in [0.05, 0.1) is 39.1 Å². The van der Waals surface area contributed by atoms with Gasteiger partial charge < -0.3 is 20.3 Å². The maximum absolute atomic E-state index is 5.26. The zero-order valence-electron chi connectivity index (χ0n) is 14.7. The lowest BCUT2D eigenvalue weighted by Crippen LogP contribution is -3.22. The zero-order chi connectivity index (χ0) is 16.1. The molecule has 124 valence electrons. The number of methoxy groups -OCH3 is 1. The third-order valence-electron chi connectivity index (χ3n) is 5.39. The van der Waals surface area contributed by atoms with Crippen molar-refractivity contribution in [2.45, 2.75) is 38.9 Å². The van der Waals surface area contributed by atoms with Crippen LogP contribution in [0.25, 0.3) is 0 Å². The molecule has 5 atom stereocenters. The van der Waals surface area contributed by atoms with E-state index in [1.54, 1.807) is 16.9 Å². The average Bonchev–Trinajstić information content (AvgIpc) is 2.51. The van der Waals surface area contributed by atoms with E-state index in [2.05, 4.69) is 50.9 Å². The zero-order valence-corrected chi connectivity index (χ0v) is 14.7. The Labute approximate surface area is 135 Å². The van der Waals surface area contributed by atoms with Crippen molar-refractivity contribution in [1.29, 1.82) is 0 Å². The molecule has 0 aromatic heterocycles. The van der Waals surface area contributed by atoms with Crippen LogP contribution >= 0.6 is 0 Å². The Balaban J connectivity index is 2.07. The first-order valence-electron chi connectivity index (χ1n) is 8.64. The molecule has 1 heterocycles. The standard InChI is InChI=1S/C18H31N3O/c1-14-12-20(3)15(2)11-18(14)21(10-9-19)13-16-5-7-17(22-4)8-6-16/h5-8,14-15,18H,9-13,19H2,1-4H3/p+3/t14-,15-,18-/m1/s1. The molecule has 4 nitrogen and oxygen atoms in total. The largest absolute Gasteiger partial charge is 0.497 e. The van der Waals surface area contributed by atoms with Crippen molar-refractivity contribution >= 4 is 0 Å². The van der Waals surface area contributed by atoms with Gasteiger partial charge in [0.25, 0.3) is 0 Å². The predicted molar refractivity (Wildman–Crippen MR) is 89.1 cm³/mol. The van der Waals surface area contributed by atoms with E-state index in [1.807, 2.05) is 0 Å². The van der Waals surface area contributed by atoms with Gasteiger partial charge in [0.1, 0.15) is 31.4 Å². The summed E-state index contributed by atoms with van der Waals surface area (Å²) >= 11 is 0. The highest BCUT2D eigenvalue weighted by Gasteiger charge is 2.38. The first kappa shape index (κ1) is 17.3. The summed E-state index contributed by atoms with van der Waals surface area (Å²) in [5.74, 6) is 1.71. The Kier molecular flexibility index (Phi) is 6.24. The van der Waals surface area contributed by atoms with Crippen LogP contribution in [0.15, 0.2) is 24.3 Å². The number of likely N-dealkylation sites (tertiary alicyclic amines) is 1. The molecule has 1 aliphatic rings. The van der Waals surface area contributed by atoms with E-state index >= 15 is 0 Å². The predicted octanol–water partition coefficient (Wildman–Crippen LogP) is -1.37. The Bertz CT molecular complexity index is 448. The molecule has 0 saturated carbocycles. The Morgan fingerprint density at radius 1 is 1.27 bits per heavy atom. The lowest BCUT2D eigenvalue weighted by atomic mass is 9.88. The summed E-state index contributed by atoms with van der Waals surface area (Å²) in [7, 11) is 4.06. The van der Waals surface area contributed by atoms with Crippen molar-refractivity contribution in [2.75, 3.05) is 33.8 Å². The second-order valence-electron chi connectivity index (χ2n) is 7.06. The molecule has 0 radical (unpaired) electrons. The molecule has 1 fully saturated rings. The van der Waals surface area contributed by atoms with Gasteiger partial charge in [-0.25, -0.2) is 0 Å². The molecule has 2 unspecified atom stereocenters. The molecule has 1 saturated heterocycles. The molecule has 5 N–H and O–H groups in total.